The summed E-state index contributed by atoms with van der Waals surface area (Å²) in [6.07, 6.45) is 3.02. The first-order valence-electron chi connectivity index (χ1n) is 5.93. The molecule has 1 rings (SSSR count). The molecule has 0 fully saturated rings. The van der Waals surface area contributed by atoms with Gasteiger partial charge >= 0.3 is 0 Å². The zero-order valence-electron chi connectivity index (χ0n) is 10.6. The largest absolute Gasteiger partial charge is 0.496 e. The Morgan fingerprint density at radius 2 is 2.18 bits per heavy atom. The molecule has 3 heteroatoms. The van der Waals surface area contributed by atoms with Gasteiger partial charge in [0.15, 0.2) is 5.78 Å². The van der Waals surface area contributed by atoms with Crippen LogP contribution in [0.4, 0.5) is 0 Å². The highest BCUT2D eigenvalue weighted by Gasteiger charge is 2.20. The zero-order chi connectivity index (χ0) is 12.8. The van der Waals surface area contributed by atoms with E-state index in [0.29, 0.717) is 11.3 Å². The number of ether oxygens (including phenoxy) is 1. The van der Waals surface area contributed by atoms with Crippen molar-refractivity contribution in [3.63, 3.8) is 0 Å². The van der Waals surface area contributed by atoms with E-state index < -0.39 is 0 Å². The molecule has 0 aliphatic rings. The van der Waals surface area contributed by atoms with E-state index in [0.717, 1.165) is 24.8 Å². The Balaban J connectivity index is 2.90. The number of carbonyl (C=O) groups excluding carboxylic acids is 1. The summed E-state index contributed by atoms with van der Waals surface area (Å²) in [6, 6.07) is 5.69. The monoisotopic (exact) mass is 298 g/mol. The molecule has 2 nitrogen and oxygen atoms in total. The number of alkyl halides is 1. The normalized spacial score (nSPS) is 12.2. The molecule has 94 valence electrons. The molecular weight excluding hydrogens is 280 g/mol. The van der Waals surface area contributed by atoms with Crippen molar-refractivity contribution >= 4 is 21.7 Å². The number of hydrogen-bond acceptors (Lipinski definition) is 2. The molecule has 17 heavy (non-hydrogen) atoms. The lowest BCUT2D eigenvalue weighted by Gasteiger charge is -2.12. The summed E-state index contributed by atoms with van der Waals surface area (Å²) in [5, 5.41) is 0. The Morgan fingerprint density at radius 1 is 1.47 bits per heavy atom. The van der Waals surface area contributed by atoms with Gasteiger partial charge in [-0.1, -0.05) is 47.3 Å². The van der Waals surface area contributed by atoms with Gasteiger partial charge in [0.25, 0.3) is 0 Å². The first-order chi connectivity index (χ1) is 8.10. The van der Waals surface area contributed by atoms with Gasteiger partial charge in [0.2, 0.25) is 0 Å². The van der Waals surface area contributed by atoms with Crippen molar-refractivity contribution in [3.8, 4) is 5.75 Å². The Hall–Kier alpha value is -0.830. The fourth-order valence-corrected chi connectivity index (χ4v) is 2.27. The van der Waals surface area contributed by atoms with E-state index in [9.17, 15) is 4.79 Å². The van der Waals surface area contributed by atoms with E-state index in [1.165, 1.54) is 0 Å². The van der Waals surface area contributed by atoms with Crippen LogP contribution in [0, 0.1) is 6.92 Å². The van der Waals surface area contributed by atoms with Crippen LogP contribution in [0.15, 0.2) is 18.2 Å². The van der Waals surface area contributed by atoms with E-state index in [4.69, 9.17) is 4.74 Å². The van der Waals surface area contributed by atoms with Crippen molar-refractivity contribution in [2.24, 2.45) is 0 Å². The average Bonchev–Trinajstić information content (AvgIpc) is 2.34. The van der Waals surface area contributed by atoms with Crippen molar-refractivity contribution < 1.29 is 9.53 Å². The van der Waals surface area contributed by atoms with Gasteiger partial charge in [0.1, 0.15) is 5.75 Å². The summed E-state index contributed by atoms with van der Waals surface area (Å²) in [4.78, 5) is 12.1. The Labute approximate surface area is 111 Å². The van der Waals surface area contributed by atoms with Crippen LogP contribution < -0.4 is 4.74 Å². The minimum Gasteiger partial charge on any atom is -0.496 e. The molecule has 0 N–H and O–H groups in total. The van der Waals surface area contributed by atoms with Crippen molar-refractivity contribution in [1.82, 2.24) is 0 Å². The Morgan fingerprint density at radius 3 is 2.76 bits per heavy atom. The van der Waals surface area contributed by atoms with E-state index in [2.05, 4.69) is 22.9 Å². The lowest BCUT2D eigenvalue weighted by atomic mass is 10.0. The van der Waals surface area contributed by atoms with Gasteiger partial charge < -0.3 is 4.74 Å². The topological polar surface area (TPSA) is 26.3 Å². The number of ketones is 1. The SMILES string of the molecule is CCCCC(Br)C(=O)c1cc(C)ccc1OC. The van der Waals surface area contributed by atoms with Crippen molar-refractivity contribution in [2.75, 3.05) is 7.11 Å². The molecule has 0 amide bonds. The maximum absolute atomic E-state index is 12.3. The quantitative estimate of drug-likeness (QED) is 0.583. The molecule has 0 heterocycles. The lowest BCUT2D eigenvalue weighted by Crippen LogP contribution is -2.15. The molecule has 0 bridgehead atoms. The van der Waals surface area contributed by atoms with E-state index in [1.807, 2.05) is 25.1 Å². The third-order valence-electron chi connectivity index (χ3n) is 2.72. The molecule has 1 aromatic carbocycles. The number of benzene rings is 1. The van der Waals surface area contributed by atoms with Crippen LogP contribution in [0.25, 0.3) is 0 Å². The summed E-state index contributed by atoms with van der Waals surface area (Å²) >= 11 is 3.46. The number of unbranched alkanes of at least 4 members (excludes halogenated alkanes) is 1. The van der Waals surface area contributed by atoms with E-state index in [-0.39, 0.29) is 10.6 Å². The summed E-state index contributed by atoms with van der Waals surface area (Å²) < 4.78 is 5.23. The summed E-state index contributed by atoms with van der Waals surface area (Å²) in [5.41, 5.74) is 1.75. The fourth-order valence-electron chi connectivity index (χ4n) is 1.70. The first-order valence-corrected chi connectivity index (χ1v) is 6.84. The third-order valence-corrected chi connectivity index (χ3v) is 3.59. The summed E-state index contributed by atoms with van der Waals surface area (Å²) in [5.74, 6) is 0.764. The fraction of sp³-hybridized carbons (Fsp3) is 0.500. The molecule has 1 atom stereocenters. The molecule has 0 saturated heterocycles. The van der Waals surface area contributed by atoms with Crippen LogP contribution in [-0.4, -0.2) is 17.7 Å². The van der Waals surface area contributed by atoms with Gasteiger partial charge in [0, 0.05) is 0 Å². The predicted octanol–water partition coefficient (Wildman–Crippen LogP) is 4.14. The second-order valence-electron chi connectivity index (χ2n) is 4.18. The highest BCUT2D eigenvalue weighted by molar-refractivity contribution is 9.10. The van der Waals surface area contributed by atoms with Crippen LogP contribution in [0.5, 0.6) is 5.75 Å². The van der Waals surface area contributed by atoms with Gasteiger partial charge in [0.05, 0.1) is 17.5 Å². The van der Waals surface area contributed by atoms with E-state index in [1.54, 1.807) is 7.11 Å². The van der Waals surface area contributed by atoms with Crippen LogP contribution in [0.1, 0.15) is 42.1 Å². The molecule has 1 aromatic rings. The number of rotatable bonds is 6. The minimum absolute atomic E-state index is 0.110. The second kappa shape index (κ2) is 6.80. The molecule has 0 aromatic heterocycles. The number of Topliss-reactive ketones (excluding diaryl/α,β-unsaturated/α-hetero) is 1. The zero-order valence-corrected chi connectivity index (χ0v) is 12.2. The van der Waals surface area contributed by atoms with Gasteiger partial charge in [-0.3, -0.25) is 4.79 Å². The van der Waals surface area contributed by atoms with Gasteiger partial charge in [-0.15, -0.1) is 0 Å². The van der Waals surface area contributed by atoms with Crippen molar-refractivity contribution in [2.45, 2.75) is 37.9 Å². The van der Waals surface area contributed by atoms with Crippen molar-refractivity contribution in [1.29, 1.82) is 0 Å². The van der Waals surface area contributed by atoms with Crippen LogP contribution in [0.3, 0.4) is 0 Å². The number of aryl methyl sites for hydroxylation is 1. The average molecular weight is 299 g/mol. The molecule has 0 spiro atoms. The van der Waals surface area contributed by atoms with Crippen LogP contribution >= 0.6 is 15.9 Å². The Kier molecular flexibility index (Phi) is 5.69. The van der Waals surface area contributed by atoms with Gasteiger partial charge in [-0.2, -0.15) is 0 Å². The Bertz CT molecular complexity index is 388. The summed E-state index contributed by atoms with van der Waals surface area (Å²) in [7, 11) is 1.59. The first kappa shape index (κ1) is 14.2. The van der Waals surface area contributed by atoms with Crippen molar-refractivity contribution in [3.05, 3.63) is 29.3 Å². The highest BCUT2D eigenvalue weighted by Crippen LogP contribution is 2.25. The minimum atomic E-state index is -0.113. The number of carbonyl (C=O) groups is 1. The third kappa shape index (κ3) is 3.84. The predicted molar refractivity (Wildman–Crippen MR) is 74.3 cm³/mol. The smallest absolute Gasteiger partial charge is 0.180 e. The lowest BCUT2D eigenvalue weighted by molar-refractivity contribution is 0.0985. The number of halogens is 1. The molecular formula is C14H19BrO2. The van der Waals surface area contributed by atoms with Crippen LogP contribution in [-0.2, 0) is 0 Å². The molecule has 0 aliphatic carbocycles. The second-order valence-corrected chi connectivity index (χ2v) is 5.28. The van der Waals surface area contributed by atoms with E-state index >= 15 is 0 Å². The molecule has 0 radical (unpaired) electrons. The van der Waals surface area contributed by atoms with Gasteiger partial charge in [-0.05, 0) is 25.5 Å². The number of methoxy groups -OCH3 is 1. The maximum Gasteiger partial charge on any atom is 0.180 e. The molecule has 0 saturated carbocycles. The maximum atomic E-state index is 12.3. The van der Waals surface area contributed by atoms with Gasteiger partial charge in [-0.25, -0.2) is 0 Å². The molecule has 0 aliphatic heterocycles. The number of hydrogen-bond donors (Lipinski definition) is 0. The van der Waals surface area contributed by atoms with Crippen LogP contribution in [0.2, 0.25) is 0 Å². The standard InChI is InChI=1S/C14H19BrO2/c1-4-5-6-12(15)14(16)11-9-10(2)7-8-13(11)17-3/h7-9,12H,4-6H2,1-3H3. The summed E-state index contributed by atoms with van der Waals surface area (Å²) in [6.45, 7) is 4.10. The highest BCUT2D eigenvalue weighted by atomic mass is 79.9. The molecule has 1 unspecified atom stereocenters.